The minimum atomic E-state index is -0.514. The van der Waals surface area contributed by atoms with Gasteiger partial charge in [-0.2, -0.15) is 0 Å². The van der Waals surface area contributed by atoms with E-state index in [9.17, 15) is 9.59 Å². The van der Waals surface area contributed by atoms with Gasteiger partial charge in [-0.3, -0.25) is 14.5 Å². The van der Waals surface area contributed by atoms with Gasteiger partial charge in [-0.15, -0.1) is 0 Å². The maximum Gasteiger partial charge on any atom is 0.299 e. The molecule has 0 spiro atoms. The van der Waals surface area contributed by atoms with Gasteiger partial charge in [0.15, 0.2) is 0 Å². The Kier molecular flexibility index (Phi) is 3.47. The molecule has 0 bridgehead atoms. The van der Waals surface area contributed by atoms with Gasteiger partial charge in [-0.05, 0) is 36.2 Å². The summed E-state index contributed by atoms with van der Waals surface area (Å²) in [7, 11) is 0. The average molecular weight is 301 g/mol. The third kappa shape index (κ3) is 2.43. The quantitative estimate of drug-likeness (QED) is 0.647. The van der Waals surface area contributed by atoms with Crippen LogP contribution in [0.4, 0.5) is 5.69 Å². The first-order chi connectivity index (χ1) is 10.1. The zero-order valence-electron chi connectivity index (χ0n) is 11.5. The molecule has 0 unspecified atom stereocenters. The number of aryl methyl sites for hydroxylation is 1. The van der Waals surface area contributed by atoms with Crippen molar-refractivity contribution in [3.63, 3.8) is 0 Å². The summed E-state index contributed by atoms with van der Waals surface area (Å²) in [6.07, 6.45) is 0.824. The smallest absolute Gasteiger partial charge is 0.299 e. The molecule has 3 rings (SSSR count). The Bertz CT molecular complexity index is 743. The van der Waals surface area contributed by atoms with Gasteiger partial charge in [0.25, 0.3) is 11.7 Å². The second-order valence-electron chi connectivity index (χ2n) is 4.88. The maximum absolute atomic E-state index is 12.2. The lowest BCUT2D eigenvalue weighted by Gasteiger charge is -2.16. The first kappa shape index (κ1) is 13.8. The summed E-state index contributed by atoms with van der Waals surface area (Å²) >= 11 is 5.85. The molecule has 0 aliphatic carbocycles. The fraction of sp³-hybridized carbons (Fsp3) is 0.188. The van der Waals surface area contributed by atoms with Crippen LogP contribution in [-0.4, -0.2) is 16.7 Å². The molecule has 0 fully saturated rings. The van der Waals surface area contributed by atoms with Crippen LogP contribution in [0.5, 0.6) is 0 Å². The molecule has 4 nitrogen and oxygen atoms in total. The molecule has 1 aliphatic heterocycles. The zero-order chi connectivity index (χ0) is 15.0. The number of Topliss-reactive ketones (excluding diaryl/α,β-unsaturated/α-hetero) is 1. The monoisotopic (exact) mass is 300 g/mol. The molecule has 0 saturated carbocycles. The Morgan fingerprint density at radius 3 is 2.71 bits per heavy atom. The summed E-state index contributed by atoms with van der Waals surface area (Å²) in [5, 5.41) is 0.368. The van der Waals surface area contributed by atoms with Crippen molar-refractivity contribution in [3.8, 4) is 0 Å². The Hall–Kier alpha value is -2.20. The van der Waals surface area contributed by atoms with Gasteiger partial charge in [0.1, 0.15) is 5.15 Å². The van der Waals surface area contributed by atoms with Crippen LogP contribution in [0.2, 0.25) is 5.15 Å². The number of benzene rings is 1. The molecule has 1 aliphatic rings. The van der Waals surface area contributed by atoms with Crippen molar-refractivity contribution in [1.29, 1.82) is 0 Å². The maximum atomic E-state index is 12.2. The SMILES string of the molecule is CCc1ccc2c(c1)C(=O)C(=O)N2Cc1cccc(Cl)n1. The molecule has 106 valence electrons. The molecule has 2 aromatic rings. The zero-order valence-corrected chi connectivity index (χ0v) is 12.2. The number of carbonyl (C=O) groups excluding carboxylic acids is 2. The number of fused-ring (bicyclic) bond motifs is 1. The van der Waals surface area contributed by atoms with E-state index in [1.807, 2.05) is 19.1 Å². The number of rotatable bonds is 3. The number of anilines is 1. The molecule has 0 saturated heterocycles. The van der Waals surface area contributed by atoms with E-state index in [1.54, 1.807) is 24.3 Å². The van der Waals surface area contributed by atoms with Crippen molar-refractivity contribution in [2.75, 3.05) is 4.90 Å². The van der Waals surface area contributed by atoms with Crippen LogP contribution in [-0.2, 0) is 17.8 Å². The summed E-state index contributed by atoms with van der Waals surface area (Å²) in [6.45, 7) is 2.25. The lowest BCUT2D eigenvalue weighted by Crippen LogP contribution is -2.29. The second-order valence-corrected chi connectivity index (χ2v) is 5.26. The molecule has 1 amide bonds. The van der Waals surface area contributed by atoms with Gasteiger partial charge in [-0.25, -0.2) is 4.98 Å². The molecule has 1 aromatic heterocycles. The molecule has 2 heterocycles. The molecular formula is C16H13ClN2O2. The standard InChI is InChI=1S/C16H13ClN2O2/c1-2-10-6-7-13-12(8-10)15(20)16(21)19(13)9-11-4-3-5-14(17)18-11/h3-8H,2,9H2,1H3. The van der Waals surface area contributed by atoms with Crippen LogP contribution in [0, 0.1) is 0 Å². The van der Waals surface area contributed by atoms with E-state index >= 15 is 0 Å². The Labute approximate surface area is 127 Å². The van der Waals surface area contributed by atoms with E-state index < -0.39 is 11.7 Å². The third-order valence-electron chi connectivity index (χ3n) is 3.54. The normalized spacial score (nSPS) is 13.7. The van der Waals surface area contributed by atoms with Crippen LogP contribution < -0.4 is 4.90 Å². The van der Waals surface area contributed by atoms with E-state index in [1.165, 1.54) is 4.90 Å². The molecule has 0 atom stereocenters. The highest BCUT2D eigenvalue weighted by Gasteiger charge is 2.35. The van der Waals surface area contributed by atoms with E-state index in [0.29, 0.717) is 22.1 Å². The summed E-state index contributed by atoms with van der Waals surface area (Å²) in [5.41, 5.74) is 2.80. The van der Waals surface area contributed by atoms with Crippen molar-refractivity contribution in [1.82, 2.24) is 4.98 Å². The molecular weight excluding hydrogens is 288 g/mol. The van der Waals surface area contributed by atoms with Crippen molar-refractivity contribution in [2.45, 2.75) is 19.9 Å². The number of carbonyl (C=O) groups is 2. The fourth-order valence-corrected chi connectivity index (χ4v) is 2.61. The van der Waals surface area contributed by atoms with Gasteiger partial charge in [0, 0.05) is 0 Å². The van der Waals surface area contributed by atoms with Gasteiger partial charge in [-0.1, -0.05) is 30.7 Å². The number of nitrogens with zero attached hydrogens (tertiary/aromatic N) is 2. The number of ketones is 1. The lowest BCUT2D eigenvalue weighted by atomic mass is 10.1. The first-order valence-electron chi connectivity index (χ1n) is 6.70. The van der Waals surface area contributed by atoms with E-state index in [-0.39, 0.29) is 6.54 Å². The number of hydrogen-bond acceptors (Lipinski definition) is 3. The minimum absolute atomic E-state index is 0.240. The van der Waals surface area contributed by atoms with E-state index in [4.69, 9.17) is 11.6 Å². The predicted octanol–water partition coefficient (Wildman–Crippen LogP) is 3.03. The van der Waals surface area contributed by atoms with Crippen LogP contribution in [0.1, 0.15) is 28.5 Å². The van der Waals surface area contributed by atoms with Crippen molar-refractivity contribution in [3.05, 3.63) is 58.4 Å². The number of amides is 1. The van der Waals surface area contributed by atoms with Gasteiger partial charge in [0.2, 0.25) is 0 Å². The van der Waals surface area contributed by atoms with Crippen LogP contribution in [0.3, 0.4) is 0 Å². The molecule has 0 radical (unpaired) electrons. The third-order valence-corrected chi connectivity index (χ3v) is 3.75. The Morgan fingerprint density at radius 1 is 1.19 bits per heavy atom. The van der Waals surface area contributed by atoms with Crippen LogP contribution in [0.25, 0.3) is 0 Å². The first-order valence-corrected chi connectivity index (χ1v) is 7.08. The summed E-state index contributed by atoms with van der Waals surface area (Å²) < 4.78 is 0. The number of halogens is 1. The number of aromatic nitrogens is 1. The second kappa shape index (κ2) is 5.30. The Morgan fingerprint density at radius 2 is 2.00 bits per heavy atom. The van der Waals surface area contributed by atoms with Crippen LogP contribution in [0.15, 0.2) is 36.4 Å². The molecule has 1 aromatic carbocycles. The largest absolute Gasteiger partial charge is 0.299 e. The van der Waals surface area contributed by atoms with Gasteiger partial charge < -0.3 is 0 Å². The number of pyridine rings is 1. The van der Waals surface area contributed by atoms with Gasteiger partial charge >= 0.3 is 0 Å². The molecule has 0 N–H and O–H groups in total. The number of hydrogen-bond donors (Lipinski definition) is 0. The summed E-state index contributed by atoms with van der Waals surface area (Å²) in [4.78, 5) is 29.9. The fourth-order valence-electron chi connectivity index (χ4n) is 2.42. The highest BCUT2D eigenvalue weighted by atomic mass is 35.5. The van der Waals surface area contributed by atoms with Crippen LogP contribution >= 0.6 is 11.6 Å². The molecule has 5 heteroatoms. The van der Waals surface area contributed by atoms with E-state index in [0.717, 1.165) is 12.0 Å². The summed E-state index contributed by atoms with van der Waals surface area (Å²) in [5.74, 6) is -0.970. The van der Waals surface area contributed by atoms with Crippen molar-refractivity contribution in [2.24, 2.45) is 0 Å². The summed E-state index contributed by atoms with van der Waals surface area (Å²) in [6, 6.07) is 10.8. The predicted molar refractivity (Wildman–Crippen MR) is 80.6 cm³/mol. The highest BCUT2D eigenvalue weighted by molar-refractivity contribution is 6.52. The lowest BCUT2D eigenvalue weighted by molar-refractivity contribution is -0.114. The Balaban J connectivity index is 1.98. The van der Waals surface area contributed by atoms with Crippen molar-refractivity contribution >= 4 is 29.0 Å². The topological polar surface area (TPSA) is 50.3 Å². The highest BCUT2D eigenvalue weighted by Crippen LogP contribution is 2.31. The average Bonchev–Trinajstić information content (AvgIpc) is 2.72. The van der Waals surface area contributed by atoms with E-state index in [2.05, 4.69) is 4.98 Å². The molecule has 21 heavy (non-hydrogen) atoms. The van der Waals surface area contributed by atoms with Crippen molar-refractivity contribution < 1.29 is 9.59 Å². The van der Waals surface area contributed by atoms with Gasteiger partial charge in [0.05, 0.1) is 23.5 Å². The minimum Gasteiger partial charge on any atom is -0.299 e.